The summed E-state index contributed by atoms with van der Waals surface area (Å²) in [5.74, 6) is 0.929. The van der Waals surface area contributed by atoms with Crippen molar-refractivity contribution in [1.29, 1.82) is 0 Å². The molecule has 0 aliphatic carbocycles. The number of nitrogens with zero attached hydrogens (tertiary/aromatic N) is 2. The van der Waals surface area contributed by atoms with Gasteiger partial charge in [0.05, 0.1) is 19.8 Å². The van der Waals surface area contributed by atoms with Gasteiger partial charge in [-0.3, -0.25) is 9.69 Å². The monoisotopic (exact) mass is 332 g/mol. The zero-order valence-electron chi connectivity index (χ0n) is 14.0. The summed E-state index contributed by atoms with van der Waals surface area (Å²) in [5.41, 5.74) is 1.53. The Labute approximate surface area is 141 Å². The number of carbonyl (C=O) groups excluding carboxylic acids is 1. The van der Waals surface area contributed by atoms with Gasteiger partial charge in [0.25, 0.3) is 5.91 Å². The van der Waals surface area contributed by atoms with Crippen molar-refractivity contribution >= 4 is 16.9 Å². The minimum atomic E-state index is 0.0583. The summed E-state index contributed by atoms with van der Waals surface area (Å²) in [6.45, 7) is 6.95. The van der Waals surface area contributed by atoms with Crippen molar-refractivity contribution in [3.63, 3.8) is 0 Å². The lowest BCUT2D eigenvalue weighted by Crippen LogP contribution is -2.49. The molecular formula is C18H24N2O4. The Balaban J connectivity index is 1.54. The molecule has 1 fully saturated rings. The Morgan fingerprint density at radius 2 is 2.00 bits per heavy atom. The lowest BCUT2D eigenvalue weighted by Gasteiger charge is -2.34. The number of hydrogen-bond donors (Lipinski definition) is 1. The van der Waals surface area contributed by atoms with Gasteiger partial charge in [0.15, 0.2) is 0 Å². The van der Waals surface area contributed by atoms with Gasteiger partial charge in [-0.05, 0) is 31.2 Å². The summed E-state index contributed by atoms with van der Waals surface area (Å²) in [5, 5.41) is 9.66. The fraction of sp³-hybridized carbons (Fsp3) is 0.500. The topological polar surface area (TPSA) is 66.2 Å². The second-order valence-corrected chi connectivity index (χ2v) is 6.08. The van der Waals surface area contributed by atoms with E-state index < -0.39 is 0 Å². The fourth-order valence-electron chi connectivity index (χ4n) is 3.03. The summed E-state index contributed by atoms with van der Waals surface area (Å²) >= 11 is 0. The van der Waals surface area contributed by atoms with Crippen LogP contribution in [0.1, 0.15) is 16.1 Å². The highest BCUT2D eigenvalue weighted by Crippen LogP contribution is 2.21. The Hall–Kier alpha value is -1.89. The van der Waals surface area contributed by atoms with Gasteiger partial charge in [-0.25, -0.2) is 0 Å². The van der Waals surface area contributed by atoms with E-state index in [4.69, 9.17) is 14.3 Å². The number of aryl methyl sites for hydroxylation is 1. The molecule has 24 heavy (non-hydrogen) atoms. The molecule has 0 radical (unpaired) electrons. The van der Waals surface area contributed by atoms with Crippen molar-refractivity contribution < 1.29 is 19.1 Å². The smallest absolute Gasteiger partial charge is 0.253 e. The summed E-state index contributed by atoms with van der Waals surface area (Å²) in [7, 11) is 0. The van der Waals surface area contributed by atoms with Crippen LogP contribution in [0.15, 0.2) is 28.7 Å². The molecule has 1 aliphatic heterocycles. The number of piperazine rings is 1. The first-order valence-corrected chi connectivity index (χ1v) is 8.38. The predicted molar refractivity (Wildman–Crippen MR) is 91.2 cm³/mol. The summed E-state index contributed by atoms with van der Waals surface area (Å²) in [6, 6.07) is 7.56. The van der Waals surface area contributed by atoms with E-state index in [0.717, 1.165) is 49.5 Å². The maximum Gasteiger partial charge on any atom is 0.253 e. The molecular weight excluding hydrogens is 308 g/mol. The SMILES string of the molecule is Cc1cc2cc(C(=O)N3CCN(CCOCCO)CC3)ccc2o1. The number of aliphatic hydroxyl groups excluding tert-OH is 1. The van der Waals surface area contributed by atoms with Crippen molar-refractivity contribution in [3.8, 4) is 0 Å². The van der Waals surface area contributed by atoms with E-state index in [1.165, 1.54) is 0 Å². The quantitative estimate of drug-likeness (QED) is 0.812. The van der Waals surface area contributed by atoms with Crippen LogP contribution in [-0.2, 0) is 4.74 Å². The Kier molecular flexibility index (Phi) is 5.50. The second kappa shape index (κ2) is 7.79. The third kappa shape index (κ3) is 3.95. The van der Waals surface area contributed by atoms with Gasteiger partial charge >= 0.3 is 0 Å². The number of rotatable bonds is 6. The van der Waals surface area contributed by atoms with E-state index >= 15 is 0 Å². The van der Waals surface area contributed by atoms with E-state index in [1.807, 2.05) is 36.1 Å². The molecule has 1 N–H and O–H groups in total. The Morgan fingerprint density at radius 1 is 1.21 bits per heavy atom. The number of furan rings is 1. The van der Waals surface area contributed by atoms with Gasteiger partial charge in [0.2, 0.25) is 0 Å². The van der Waals surface area contributed by atoms with Gasteiger partial charge < -0.3 is 19.2 Å². The van der Waals surface area contributed by atoms with Crippen molar-refractivity contribution in [3.05, 3.63) is 35.6 Å². The molecule has 6 nitrogen and oxygen atoms in total. The highest BCUT2D eigenvalue weighted by molar-refractivity contribution is 5.97. The third-order valence-electron chi connectivity index (χ3n) is 4.33. The number of aliphatic hydroxyl groups is 1. The third-order valence-corrected chi connectivity index (χ3v) is 4.33. The van der Waals surface area contributed by atoms with E-state index in [0.29, 0.717) is 18.8 Å². The molecule has 0 bridgehead atoms. The molecule has 130 valence electrons. The standard InChI is InChI=1S/C18H24N2O4/c1-14-12-16-13-15(2-3-17(16)24-14)18(22)20-6-4-19(5-7-20)8-10-23-11-9-21/h2-3,12-13,21H,4-11H2,1H3. The number of hydrogen-bond acceptors (Lipinski definition) is 5. The zero-order chi connectivity index (χ0) is 16.9. The minimum absolute atomic E-state index is 0.0583. The van der Waals surface area contributed by atoms with Gasteiger partial charge in [0.1, 0.15) is 11.3 Å². The van der Waals surface area contributed by atoms with Crippen LogP contribution in [0, 0.1) is 6.92 Å². The first kappa shape index (κ1) is 17.0. The molecule has 0 unspecified atom stereocenters. The molecule has 3 rings (SSSR count). The first-order chi connectivity index (χ1) is 11.7. The maximum absolute atomic E-state index is 12.7. The largest absolute Gasteiger partial charge is 0.461 e. The number of carbonyl (C=O) groups is 1. The van der Waals surface area contributed by atoms with Crippen LogP contribution >= 0.6 is 0 Å². The summed E-state index contributed by atoms with van der Waals surface area (Å²) in [4.78, 5) is 16.9. The molecule has 2 heterocycles. The van der Waals surface area contributed by atoms with E-state index in [1.54, 1.807) is 0 Å². The zero-order valence-corrected chi connectivity index (χ0v) is 14.0. The molecule has 2 aromatic rings. The number of fused-ring (bicyclic) bond motifs is 1. The van der Waals surface area contributed by atoms with Gasteiger partial charge in [-0.2, -0.15) is 0 Å². The van der Waals surface area contributed by atoms with Crippen LogP contribution < -0.4 is 0 Å². The lowest BCUT2D eigenvalue weighted by molar-refractivity contribution is 0.0486. The highest BCUT2D eigenvalue weighted by Gasteiger charge is 2.22. The molecule has 1 aromatic heterocycles. The minimum Gasteiger partial charge on any atom is -0.461 e. The number of amides is 1. The molecule has 0 saturated carbocycles. The van der Waals surface area contributed by atoms with Crippen molar-refractivity contribution in [1.82, 2.24) is 9.80 Å². The molecule has 1 saturated heterocycles. The Morgan fingerprint density at radius 3 is 2.75 bits per heavy atom. The van der Waals surface area contributed by atoms with Gasteiger partial charge in [0, 0.05) is 43.7 Å². The van der Waals surface area contributed by atoms with Crippen molar-refractivity contribution in [2.24, 2.45) is 0 Å². The fourth-order valence-corrected chi connectivity index (χ4v) is 3.03. The number of benzene rings is 1. The molecule has 1 aliphatic rings. The second-order valence-electron chi connectivity index (χ2n) is 6.08. The lowest BCUT2D eigenvalue weighted by atomic mass is 10.1. The average molecular weight is 332 g/mol. The molecule has 0 atom stereocenters. The predicted octanol–water partition coefficient (Wildman–Crippen LogP) is 1.51. The van der Waals surface area contributed by atoms with Gasteiger partial charge in [-0.15, -0.1) is 0 Å². The normalized spacial score (nSPS) is 16.0. The van der Waals surface area contributed by atoms with Crippen LogP contribution in [0.2, 0.25) is 0 Å². The summed E-state index contributed by atoms with van der Waals surface area (Å²) < 4.78 is 10.8. The first-order valence-electron chi connectivity index (χ1n) is 8.38. The highest BCUT2D eigenvalue weighted by atomic mass is 16.5. The van der Waals surface area contributed by atoms with Crippen LogP contribution in [0.25, 0.3) is 11.0 Å². The van der Waals surface area contributed by atoms with Crippen LogP contribution in [0.4, 0.5) is 0 Å². The average Bonchev–Trinajstić information content (AvgIpc) is 2.98. The van der Waals surface area contributed by atoms with Crippen molar-refractivity contribution in [2.75, 3.05) is 52.5 Å². The molecule has 1 aromatic carbocycles. The van der Waals surface area contributed by atoms with Gasteiger partial charge in [-0.1, -0.05) is 0 Å². The van der Waals surface area contributed by atoms with Crippen LogP contribution in [-0.4, -0.2) is 73.4 Å². The van der Waals surface area contributed by atoms with Crippen molar-refractivity contribution in [2.45, 2.75) is 6.92 Å². The maximum atomic E-state index is 12.7. The van der Waals surface area contributed by atoms with E-state index in [-0.39, 0.29) is 12.5 Å². The Bertz CT molecular complexity index is 689. The van der Waals surface area contributed by atoms with E-state index in [2.05, 4.69) is 4.90 Å². The summed E-state index contributed by atoms with van der Waals surface area (Å²) in [6.07, 6.45) is 0. The molecule has 0 spiro atoms. The van der Waals surface area contributed by atoms with Crippen LogP contribution in [0.3, 0.4) is 0 Å². The molecule has 6 heteroatoms. The molecule has 1 amide bonds. The van der Waals surface area contributed by atoms with Crippen LogP contribution in [0.5, 0.6) is 0 Å². The van der Waals surface area contributed by atoms with E-state index in [9.17, 15) is 4.79 Å². The number of ether oxygens (including phenoxy) is 1.